The zero-order valence-electron chi connectivity index (χ0n) is 5.80. The Morgan fingerprint density at radius 3 is 2.70 bits per heavy atom. The summed E-state index contributed by atoms with van der Waals surface area (Å²) in [6, 6.07) is 0. The fraction of sp³-hybridized carbons (Fsp3) is 0.250. The van der Waals surface area contributed by atoms with E-state index in [9.17, 15) is 0 Å². The molecule has 0 unspecified atom stereocenters. The summed E-state index contributed by atoms with van der Waals surface area (Å²) in [6.07, 6.45) is 8.93. The van der Waals surface area contributed by atoms with Gasteiger partial charge in [0, 0.05) is 12.2 Å². The molecule has 1 aliphatic carbocycles. The Morgan fingerprint density at radius 2 is 2.10 bits per heavy atom. The van der Waals surface area contributed by atoms with Gasteiger partial charge in [-0.05, 0) is 0 Å². The van der Waals surface area contributed by atoms with E-state index in [4.69, 9.17) is 11.5 Å². The van der Waals surface area contributed by atoms with Gasteiger partial charge >= 0.3 is 0 Å². The lowest BCUT2D eigenvalue weighted by molar-refractivity contribution is 1.12. The maximum atomic E-state index is 5.40. The number of allylic oxidation sites excluding steroid dienone is 2. The summed E-state index contributed by atoms with van der Waals surface area (Å²) >= 11 is 0. The summed E-state index contributed by atoms with van der Waals surface area (Å²) in [7, 11) is 0. The summed E-state index contributed by atoms with van der Waals surface area (Å²) in [4.78, 5) is 0. The zero-order valence-corrected chi connectivity index (χ0v) is 5.80. The lowest BCUT2D eigenvalue weighted by Crippen LogP contribution is -2.07. The van der Waals surface area contributed by atoms with Crippen molar-refractivity contribution in [3.63, 3.8) is 0 Å². The molecular formula is C8H11N2+. The normalized spacial score (nSPS) is 15.8. The van der Waals surface area contributed by atoms with Crippen LogP contribution in [0.5, 0.6) is 0 Å². The minimum atomic E-state index is 0.536. The van der Waals surface area contributed by atoms with Gasteiger partial charge in [-0.15, -0.1) is 0 Å². The molecule has 1 aliphatic rings. The van der Waals surface area contributed by atoms with Gasteiger partial charge in [0.2, 0.25) is 0 Å². The lowest BCUT2D eigenvalue weighted by atomic mass is 10.1. The van der Waals surface area contributed by atoms with Gasteiger partial charge < -0.3 is 11.5 Å². The number of rotatable bonds is 2. The number of hydrogen-bond donors (Lipinski definition) is 2. The van der Waals surface area contributed by atoms with Gasteiger partial charge in [-0.2, -0.15) is 0 Å². The molecule has 0 aromatic carbocycles. The third-order valence-corrected chi connectivity index (χ3v) is 1.36. The maximum absolute atomic E-state index is 5.40. The van der Waals surface area contributed by atoms with Crippen molar-refractivity contribution in [2.75, 3.05) is 13.1 Å². The zero-order chi connectivity index (χ0) is 7.40. The van der Waals surface area contributed by atoms with Gasteiger partial charge in [-0.1, -0.05) is 0 Å². The average molecular weight is 135 g/mol. The second-order valence-corrected chi connectivity index (χ2v) is 2.11. The molecular weight excluding hydrogens is 124 g/mol. The maximum Gasteiger partial charge on any atom is 0.129 e. The molecule has 0 spiro atoms. The predicted octanol–water partition coefficient (Wildman–Crippen LogP) is 0.130. The third-order valence-electron chi connectivity index (χ3n) is 1.36. The molecule has 0 aliphatic heterocycles. The van der Waals surface area contributed by atoms with Gasteiger partial charge in [-0.3, -0.25) is 0 Å². The van der Waals surface area contributed by atoms with Crippen molar-refractivity contribution in [2.45, 2.75) is 0 Å². The van der Waals surface area contributed by atoms with Crippen molar-refractivity contribution < 1.29 is 0 Å². The van der Waals surface area contributed by atoms with Crippen LogP contribution in [0.2, 0.25) is 0 Å². The van der Waals surface area contributed by atoms with Crippen molar-refractivity contribution in [1.29, 1.82) is 0 Å². The van der Waals surface area contributed by atoms with Crippen LogP contribution >= 0.6 is 0 Å². The number of hydrogen-bond acceptors (Lipinski definition) is 2. The predicted molar refractivity (Wildman–Crippen MR) is 42.1 cm³/mol. The van der Waals surface area contributed by atoms with Gasteiger partial charge in [0.05, 0.1) is 25.2 Å². The molecule has 10 heavy (non-hydrogen) atoms. The quantitative estimate of drug-likeness (QED) is 0.529. The average Bonchev–Trinajstić information content (AvgIpc) is 2.05. The minimum Gasteiger partial charge on any atom is -0.324 e. The largest absolute Gasteiger partial charge is 0.324 e. The molecule has 0 fully saturated rings. The first-order valence-electron chi connectivity index (χ1n) is 3.27. The Bertz CT molecular complexity index is 195. The Balaban J connectivity index is 2.74. The second kappa shape index (κ2) is 3.28. The molecule has 0 aromatic heterocycles. The van der Waals surface area contributed by atoms with Crippen molar-refractivity contribution in [3.05, 3.63) is 35.5 Å². The van der Waals surface area contributed by atoms with Crippen molar-refractivity contribution in [2.24, 2.45) is 11.5 Å². The molecule has 0 saturated heterocycles. The first kappa shape index (κ1) is 7.16. The van der Waals surface area contributed by atoms with Gasteiger partial charge in [0.1, 0.15) is 11.1 Å². The highest BCUT2D eigenvalue weighted by Crippen LogP contribution is 2.06. The van der Waals surface area contributed by atoms with E-state index in [1.165, 1.54) is 0 Å². The monoisotopic (exact) mass is 135 g/mol. The van der Waals surface area contributed by atoms with Crippen LogP contribution in [0, 0.1) is 6.08 Å². The van der Waals surface area contributed by atoms with Crippen LogP contribution in [-0.2, 0) is 0 Å². The highest BCUT2D eigenvalue weighted by atomic mass is 14.5. The topological polar surface area (TPSA) is 52.0 Å². The van der Waals surface area contributed by atoms with Crippen LogP contribution in [0.15, 0.2) is 29.4 Å². The van der Waals surface area contributed by atoms with Gasteiger partial charge in [0.25, 0.3) is 0 Å². The molecule has 0 heterocycles. The molecule has 0 radical (unpaired) electrons. The van der Waals surface area contributed by atoms with Crippen molar-refractivity contribution >= 4 is 0 Å². The Morgan fingerprint density at radius 1 is 1.30 bits per heavy atom. The summed E-state index contributed by atoms with van der Waals surface area (Å²) in [5.74, 6) is 0. The van der Waals surface area contributed by atoms with E-state index < -0.39 is 0 Å². The van der Waals surface area contributed by atoms with E-state index in [0.717, 1.165) is 11.1 Å². The van der Waals surface area contributed by atoms with Crippen LogP contribution in [0.25, 0.3) is 0 Å². The first-order valence-corrected chi connectivity index (χ1v) is 3.27. The molecule has 0 aromatic rings. The van der Waals surface area contributed by atoms with Gasteiger partial charge in [0.15, 0.2) is 0 Å². The van der Waals surface area contributed by atoms with Crippen molar-refractivity contribution in [1.82, 2.24) is 0 Å². The fourth-order valence-electron chi connectivity index (χ4n) is 0.808. The smallest absolute Gasteiger partial charge is 0.129 e. The first-order chi connectivity index (χ1) is 4.86. The van der Waals surface area contributed by atoms with Crippen molar-refractivity contribution in [3.8, 4) is 0 Å². The Labute approximate surface area is 60.9 Å². The van der Waals surface area contributed by atoms with Crippen LogP contribution in [0.1, 0.15) is 0 Å². The SMILES string of the molecule is NCC1=[C+]C(CN)=CC=C1. The lowest BCUT2D eigenvalue weighted by Gasteiger charge is -1.93. The molecule has 4 N–H and O–H groups in total. The highest BCUT2D eigenvalue weighted by Gasteiger charge is 2.06. The minimum absolute atomic E-state index is 0.536. The molecule has 52 valence electrons. The van der Waals surface area contributed by atoms with Crippen LogP contribution in [-0.4, -0.2) is 13.1 Å². The highest BCUT2D eigenvalue weighted by molar-refractivity contribution is 5.35. The van der Waals surface area contributed by atoms with Gasteiger partial charge in [-0.25, -0.2) is 0 Å². The molecule has 2 heteroatoms. The molecule has 0 saturated carbocycles. The van der Waals surface area contributed by atoms with E-state index in [0.29, 0.717) is 13.1 Å². The summed E-state index contributed by atoms with van der Waals surface area (Å²) in [6.45, 7) is 1.07. The summed E-state index contributed by atoms with van der Waals surface area (Å²) in [5, 5.41) is 0. The number of nitrogens with two attached hydrogens (primary N) is 2. The van der Waals surface area contributed by atoms with E-state index in [1.54, 1.807) is 0 Å². The molecule has 0 atom stereocenters. The third kappa shape index (κ3) is 1.52. The summed E-state index contributed by atoms with van der Waals surface area (Å²) in [5.41, 5.74) is 12.8. The van der Waals surface area contributed by atoms with E-state index in [2.05, 4.69) is 6.08 Å². The van der Waals surface area contributed by atoms with E-state index in [-0.39, 0.29) is 0 Å². The summed E-state index contributed by atoms with van der Waals surface area (Å²) < 4.78 is 0. The van der Waals surface area contributed by atoms with Crippen LogP contribution in [0.3, 0.4) is 0 Å². The molecule has 0 bridgehead atoms. The second-order valence-electron chi connectivity index (χ2n) is 2.11. The Hall–Kier alpha value is -0.950. The fourth-order valence-corrected chi connectivity index (χ4v) is 0.808. The van der Waals surface area contributed by atoms with E-state index >= 15 is 0 Å². The molecule has 0 amide bonds. The van der Waals surface area contributed by atoms with Crippen LogP contribution < -0.4 is 11.5 Å². The Kier molecular flexibility index (Phi) is 2.35. The molecule has 1 rings (SSSR count). The molecule has 2 nitrogen and oxygen atoms in total. The van der Waals surface area contributed by atoms with Crippen LogP contribution in [0.4, 0.5) is 0 Å². The standard InChI is InChI=1S/C8H11N2/c9-5-7-2-1-3-8(4-7)6-10/h1-3H,5-6,9-10H2/q+1. The van der Waals surface area contributed by atoms with E-state index in [1.807, 2.05) is 18.2 Å².